The average Bonchev–Trinajstić information content (AvgIpc) is 3.12. The second kappa shape index (κ2) is 8.49. The number of amides is 1. The van der Waals surface area contributed by atoms with Crippen LogP contribution in [0.4, 0.5) is 10.1 Å². The van der Waals surface area contributed by atoms with Crippen LogP contribution in [0.2, 0.25) is 0 Å². The molecule has 1 N–H and O–H groups in total. The van der Waals surface area contributed by atoms with Crippen LogP contribution in [0.1, 0.15) is 37.4 Å². The summed E-state index contributed by atoms with van der Waals surface area (Å²) in [4.78, 5) is 17.3. The molecule has 30 heavy (non-hydrogen) atoms. The van der Waals surface area contributed by atoms with Crippen LogP contribution >= 0.6 is 0 Å². The lowest BCUT2D eigenvalue weighted by molar-refractivity contribution is -0.116. The molecule has 0 saturated carbocycles. The first-order valence-corrected chi connectivity index (χ1v) is 10.1. The summed E-state index contributed by atoms with van der Waals surface area (Å²) in [5.41, 5.74) is 5.37. The van der Waals surface area contributed by atoms with Gasteiger partial charge in [0.25, 0.3) is 0 Å². The van der Waals surface area contributed by atoms with E-state index in [0.717, 1.165) is 28.3 Å². The average molecular weight is 401 g/mol. The number of pyridine rings is 1. The van der Waals surface area contributed by atoms with Crippen molar-refractivity contribution in [3.05, 3.63) is 90.0 Å². The molecular formula is C25H24FN3O. The fourth-order valence-electron chi connectivity index (χ4n) is 3.53. The minimum Gasteiger partial charge on any atom is -0.326 e. The van der Waals surface area contributed by atoms with E-state index in [9.17, 15) is 9.18 Å². The fraction of sp³-hybridized carbons (Fsp3) is 0.200. The molecule has 0 atom stereocenters. The summed E-state index contributed by atoms with van der Waals surface area (Å²) < 4.78 is 15.3. The van der Waals surface area contributed by atoms with E-state index in [1.165, 1.54) is 17.7 Å². The molecule has 0 saturated heterocycles. The van der Waals surface area contributed by atoms with Gasteiger partial charge in [-0.15, -0.1) is 0 Å². The highest BCUT2D eigenvalue weighted by Crippen LogP contribution is 2.26. The van der Waals surface area contributed by atoms with Gasteiger partial charge in [0.2, 0.25) is 5.91 Å². The first kappa shape index (κ1) is 19.8. The van der Waals surface area contributed by atoms with Crippen LogP contribution in [0.3, 0.4) is 0 Å². The standard InChI is InChI=1S/C25H24FN3O/c1-17(2)18-8-12-21(13-9-18)27-24(30)15-14-22-25(19-6-10-20(26)11-7-19)28-23-5-3-4-16-29(22)23/h3-13,16-17H,14-15H2,1-2H3,(H,27,30). The Kier molecular flexibility index (Phi) is 5.61. The molecule has 0 aliphatic carbocycles. The molecule has 1 amide bonds. The molecule has 4 rings (SSSR count). The zero-order valence-corrected chi connectivity index (χ0v) is 17.1. The molecule has 152 valence electrons. The number of carbonyl (C=O) groups excluding carboxylic acids is 1. The number of benzene rings is 2. The zero-order valence-electron chi connectivity index (χ0n) is 17.1. The highest BCUT2D eigenvalue weighted by atomic mass is 19.1. The number of imidazole rings is 1. The molecule has 2 aromatic carbocycles. The van der Waals surface area contributed by atoms with Crippen molar-refractivity contribution < 1.29 is 9.18 Å². The molecule has 2 aromatic heterocycles. The van der Waals surface area contributed by atoms with Crippen LogP contribution in [-0.4, -0.2) is 15.3 Å². The summed E-state index contributed by atoms with van der Waals surface area (Å²) in [6, 6.07) is 20.0. The normalized spacial score (nSPS) is 11.2. The molecule has 0 spiro atoms. The van der Waals surface area contributed by atoms with Gasteiger partial charge in [0, 0.05) is 23.9 Å². The van der Waals surface area contributed by atoms with Crippen LogP contribution in [0, 0.1) is 5.82 Å². The number of hydrogen-bond donors (Lipinski definition) is 1. The Hall–Kier alpha value is -3.47. The second-order valence-corrected chi connectivity index (χ2v) is 7.67. The molecule has 0 unspecified atom stereocenters. The van der Waals surface area contributed by atoms with Crippen LogP contribution in [0.25, 0.3) is 16.9 Å². The third kappa shape index (κ3) is 4.25. The summed E-state index contributed by atoms with van der Waals surface area (Å²) in [5.74, 6) is 0.116. The number of fused-ring (bicyclic) bond motifs is 1. The Bertz CT molecular complexity index is 1160. The first-order valence-electron chi connectivity index (χ1n) is 10.1. The van der Waals surface area contributed by atoms with Gasteiger partial charge >= 0.3 is 0 Å². The third-order valence-electron chi connectivity index (χ3n) is 5.20. The number of aromatic nitrogens is 2. The van der Waals surface area contributed by atoms with E-state index >= 15 is 0 Å². The van der Waals surface area contributed by atoms with E-state index in [1.54, 1.807) is 12.1 Å². The third-order valence-corrected chi connectivity index (χ3v) is 5.20. The zero-order chi connectivity index (χ0) is 21.1. The van der Waals surface area contributed by atoms with Gasteiger partial charge in [-0.3, -0.25) is 4.79 Å². The molecule has 0 fully saturated rings. The van der Waals surface area contributed by atoms with Crippen LogP contribution in [-0.2, 0) is 11.2 Å². The highest BCUT2D eigenvalue weighted by Gasteiger charge is 2.15. The molecule has 5 heteroatoms. The predicted molar refractivity (Wildman–Crippen MR) is 118 cm³/mol. The van der Waals surface area contributed by atoms with Crippen molar-refractivity contribution in [2.45, 2.75) is 32.6 Å². The van der Waals surface area contributed by atoms with Gasteiger partial charge in [0.1, 0.15) is 11.5 Å². The van der Waals surface area contributed by atoms with Crippen molar-refractivity contribution in [2.24, 2.45) is 0 Å². The minimum atomic E-state index is -0.285. The molecular weight excluding hydrogens is 377 g/mol. The van der Waals surface area contributed by atoms with E-state index in [4.69, 9.17) is 4.98 Å². The maximum absolute atomic E-state index is 13.4. The van der Waals surface area contributed by atoms with Crippen molar-refractivity contribution in [3.8, 4) is 11.3 Å². The van der Waals surface area contributed by atoms with Gasteiger partial charge in [0.15, 0.2) is 0 Å². The Labute approximate surface area is 175 Å². The summed E-state index contributed by atoms with van der Waals surface area (Å²) >= 11 is 0. The SMILES string of the molecule is CC(C)c1ccc(NC(=O)CCc2c(-c3ccc(F)cc3)nc3ccccn23)cc1. The van der Waals surface area contributed by atoms with Crippen LogP contribution in [0.15, 0.2) is 72.9 Å². The van der Waals surface area contributed by atoms with Gasteiger partial charge in [-0.1, -0.05) is 32.0 Å². The lowest BCUT2D eigenvalue weighted by Crippen LogP contribution is -2.13. The van der Waals surface area contributed by atoms with E-state index in [2.05, 4.69) is 19.2 Å². The maximum atomic E-state index is 13.4. The number of rotatable bonds is 6. The Morgan fingerprint density at radius 2 is 1.77 bits per heavy atom. The first-order chi connectivity index (χ1) is 14.5. The van der Waals surface area contributed by atoms with Gasteiger partial charge in [-0.05, 0) is 66.4 Å². The summed E-state index contributed by atoms with van der Waals surface area (Å²) in [6.07, 6.45) is 2.78. The summed E-state index contributed by atoms with van der Waals surface area (Å²) in [5, 5.41) is 2.97. The van der Waals surface area contributed by atoms with Crippen molar-refractivity contribution in [1.82, 2.24) is 9.38 Å². The van der Waals surface area contributed by atoms with Crippen molar-refractivity contribution in [2.75, 3.05) is 5.32 Å². The molecule has 0 aliphatic rings. The fourth-order valence-corrected chi connectivity index (χ4v) is 3.53. The largest absolute Gasteiger partial charge is 0.326 e. The quantitative estimate of drug-likeness (QED) is 0.441. The molecule has 0 radical (unpaired) electrons. The van der Waals surface area contributed by atoms with Crippen molar-refractivity contribution in [1.29, 1.82) is 0 Å². The molecule has 0 aliphatic heterocycles. The maximum Gasteiger partial charge on any atom is 0.224 e. The number of anilines is 1. The van der Waals surface area contributed by atoms with Gasteiger partial charge in [0.05, 0.1) is 11.4 Å². The molecule has 4 nitrogen and oxygen atoms in total. The lowest BCUT2D eigenvalue weighted by atomic mass is 10.0. The van der Waals surface area contributed by atoms with Crippen molar-refractivity contribution in [3.63, 3.8) is 0 Å². The number of nitrogens with zero attached hydrogens (tertiary/aromatic N) is 2. The Balaban J connectivity index is 1.53. The summed E-state index contributed by atoms with van der Waals surface area (Å²) in [6.45, 7) is 4.28. The van der Waals surface area contributed by atoms with Gasteiger partial charge < -0.3 is 9.72 Å². The molecule has 0 bridgehead atoms. The number of halogens is 1. The number of carbonyl (C=O) groups is 1. The van der Waals surface area contributed by atoms with E-state index in [1.807, 2.05) is 53.1 Å². The van der Waals surface area contributed by atoms with Crippen molar-refractivity contribution >= 4 is 17.2 Å². The topological polar surface area (TPSA) is 46.4 Å². The van der Waals surface area contributed by atoms with Gasteiger partial charge in [-0.2, -0.15) is 0 Å². The second-order valence-electron chi connectivity index (χ2n) is 7.67. The number of aryl methyl sites for hydroxylation is 1. The number of hydrogen-bond acceptors (Lipinski definition) is 2. The summed E-state index contributed by atoms with van der Waals surface area (Å²) in [7, 11) is 0. The number of nitrogens with one attached hydrogen (secondary N) is 1. The Morgan fingerprint density at radius 1 is 1.03 bits per heavy atom. The minimum absolute atomic E-state index is 0.0526. The Morgan fingerprint density at radius 3 is 2.47 bits per heavy atom. The van der Waals surface area contributed by atoms with E-state index < -0.39 is 0 Å². The van der Waals surface area contributed by atoms with E-state index in [-0.39, 0.29) is 11.7 Å². The van der Waals surface area contributed by atoms with Crippen LogP contribution < -0.4 is 5.32 Å². The monoisotopic (exact) mass is 401 g/mol. The molecule has 4 aromatic rings. The van der Waals surface area contributed by atoms with Crippen LogP contribution in [0.5, 0.6) is 0 Å². The predicted octanol–water partition coefficient (Wildman–Crippen LogP) is 5.84. The molecule has 2 heterocycles. The smallest absolute Gasteiger partial charge is 0.224 e. The lowest BCUT2D eigenvalue weighted by Gasteiger charge is -2.09. The van der Waals surface area contributed by atoms with E-state index in [0.29, 0.717) is 18.8 Å². The van der Waals surface area contributed by atoms with Gasteiger partial charge in [-0.25, -0.2) is 9.37 Å². The highest BCUT2D eigenvalue weighted by molar-refractivity contribution is 5.91.